The predicted octanol–water partition coefficient (Wildman–Crippen LogP) is 4.37. The van der Waals surface area contributed by atoms with Gasteiger partial charge in [-0.1, -0.05) is 17.7 Å². The van der Waals surface area contributed by atoms with Crippen molar-refractivity contribution in [3.05, 3.63) is 54.1 Å². The van der Waals surface area contributed by atoms with Crippen molar-refractivity contribution >= 4 is 11.6 Å². The molecule has 0 aliphatic carbocycles. The topological polar surface area (TPSA) is 52.8 Å². The predicted molar refractivity (Wildman–Crippen MR) is 85.2 cm³/mol. The summed E-state index contributed by atoms with van der Waals surface area (Å²) in [5.74, 6) is 1.25. The van der Waals surface area contributed by atoms with Gasteiger partial charge >= 0.3 is 0 Å². The van der Waals surface area contributed by atoms with Crippen LogP contribution < -0.4 is 4.74 Å². The van der Waals surface area contributed by atoms with Crippen molar-refractivity contribution in [1.82, 2.24) is 19.7 Å². The van der Waals surface area contributed by atoms with Crippen LogP contribution in [0, 0.1) is 0 Å². The fourth-order valence-corrected chi connectivity index (χ4v) is 2.13. The summed E-state index contributed by atoms with van der Waals surface area (Å²) < 4.78 is 7.78. The fraction of sp³-hybridized carbons (Fsp3) is 0.188. The highest BCUT2D eigenvalue weighted by atomic mass is 35.5. The van der Waals surface area contributed by atoms with E-state index < -0.39 is 0 Å². The van der Waals surface area contributed by atoms with E-state index in [1.807, 2.05) is 29.1 Å². The molecule has 3 rings (SSSR count). The van der Waals surface area contributed by atoms with Crippen LogP contribution in [0.3, 0.4) is 0 Å². The van der Waals surface area contributed by atoms with Crippen LogP contribution in [0.4, 0.5) is 0 Å². The first-order valence-corrected chi connectivity index (χ1v) is 7.31. The smallest absolute Gasteiger partial charge is 0.174 e. The molecule has 0 aliphatic heterocycles. The van der Waals surface area contributed by atoms with Gasteiger partial charge in [-0.15, -0.1) is 0 Å². The Bertz CT molecular complexity index is 771. The second-order valence-electron chi connectivity index (χ2n) is 5.05. The molecule has 0 atom stereocenters. The van der Waals surface area contributed by atoms with Crippen LogP contribution in [-0.2, 0) is 0 Å². The molecule has 0 fully saturated rings. The van der Waals surface area contributed by atoms with Crippen LogP contribution in [0.1, 0.15) is 19.9 Å². The third-order valence-electron chi connectivity index (χ3n) is 3.06. The summed E-state index contributed by atoms with van der Waals surface area (Å²) in [5, 5.41) is 4.96. The molecular formula is C16H15ClN4O. The van der Waals surface area contributed by atoms with E-state index in [1.54, 1.807) is 24.5 Å². The molecule has 0 N–H and O–H groups in total. The van der Waals surface area contributed by atoms with Gasteiger partial charge in [0.15, 0.2) is 11.4 Å². The van der Waals surface area contributed by atoms with E-state index in [2.05, 4.69) is 28.9 Å². The molecule has 5 nitrogen and oxygen atoms in total. The molecule has 0 saturated heterocycles. The van der Waals surface area contributed by atoms with Gasteiger partial charge in [-0.3, -0.25) is 9.67 Å². The quantitative estimate of drug-likeness (QED) is 0.671. The van der Waals surface area contributed by atoms with Crippen LogP contribution in [0.5, 0.6) is 11.5 Å². The second-order valence-corrected chi connectivity index (χ2v) is 5.43. The summed E-state index contributed by atoms with van der Waals surface area (Å²) in [4.78, 5) is 8.29. The Balaban J connectivity index is 2.02. The van der Waals surface area contributed by atoms with Gasteiger partial charge in [0.25, 0.3) is 0 Å². The normalized spacial score (nSPS) is 10.9. The van der Waals surface area contributed by atoms with Gasteiger partial charge in [0.2, 0.25) is 0 Å². The van der Waals surface area contributed by atoms with Crippen molar-refractivity contribution in [3.8, 4) is 22.9 Å². The Morgan fingerprint density at radius 2 is 2.00 bits per heavy atom. The van der Waals surface area contributed by atoms with Crippen molar-refractivity contribution in [3.63, 3.8) is 0 Å². The highest BCUT2D eigenvalue weighted by Gasteiger charge is 2.16. The zero-order valence-electron chi connectivity index (χ0n) is 12.3. The number of halogens is 1. The first-order chi connectivity index (χ1) is 10.6. The number of aromatic nitrogens is 4. The number of hydrogen-bond donors (Lipinski definition) is 0. The Kier molecular flexibility index (Phi) is 4.06. The van der Waals surface area contributed by atoms with Crippen molar-refractivity contribution in [2.24, 2.45) is 0 Å². The Morgan fingerprint density at radius 1 is 1.14 bits per heavy atom. The maximum Gasteiger partial charge on any atom is 0.174 e. The summed E-state index contributed by atoms with van der Waals surface area (Å²) in [5.41, 5.74) is 1.46. The lowest BCUT2D eigenvalue weighted by molar-refractivity contribution is 0.477. The van der Waals surface area contributed by atoms with Gasteiger partial charge in [-0.05, 0) is 32.0 Å². The van der Waals surface area contributed by atoms with Crippen LogP contribution in [0.25, 0.3) is 11.4 Å². The number of ether oxygens (including phenoxy) is 1. The zero-order chi connectivity index (χ0) is 15.5. The molecule has 0 bridgehead atoms. The van der Waals surface area contributed by atoms with E-state index in [0.717, 1.165) is 5.69 Å². The van der Waals surface area contributed by atoms with Gasteiger partial charge in [0, 0.05) is 24.5 Å². The third kappa shape index (κ3) is 3.09. The standard InChI is InChI=1S/C16H15ClN4O/c1-11(2)21-10-14(22-12-6-8-19-15(17)9-12)16(20-21)13-5-3-4-7-18-13/h3-11H,1-2H3. The van der Waals surface area contributed by atoms with Crippen molar-refractivity contribution < 1.29 is 4.74 Å². The molecule has 3 aromatic heterocycles. The van der Waals surface area contributed by atoms with E-state index in [4.69, 9.17) is 16.3 Å². The molecule has 0 saturated carbocycles. The molecular weight excluding hydrogens is 300 g/mol. The minimum atomic E-state index is 0.223. The number of hydrogen-bond acceptors (Lipinski definition) is 4. The lowest BCUT2D eigenvalue weighted by Gasteiger charge is -2.05. The van der Waals surface area contributed by atoms with Crippen LogP contribution >= 0.6 is 11.6 Å². The van der Waals surface area contributed by atoms with Crippen molar-refractivity contribution in [2.75, 3.05) is 0 Å². The van der Waals surface area contributed by atoms with E-state index in [9.17, 15) is 0 Å². The maximum atomic E-state index is 5.93. The molecule has 112 valence electrons. The van der Waals surface area contributed by atoms with Gasteiger partial charge in [0.1, 0.15) is 10.9 Å². The zero-order valence-corrected chi connectivity index (χ0v) is 13.0. The van der Waals surface area contributed by atoms with Gasteiger partial charge < -0.3 is 4.74 Å². The van der Waals surface area contributed by atoms with E-state index in [-0.39, 0.29) is 6.04 Å². The number of pyridine rings is 2. The molecule has 0 spiro atoms. The van der Waals surface area contributed by atoms with Crippen LogP contribution in [0.15, 0.2) is 48.9 Å². The molecule has 22 heavy (non-hydrogen) atoms. The molecule has 0 radical (unpaired) electrons. The summed E-state index contributed by atoms with van der Waals surface area (Å²) in [6.45, 7) is 4.12. The Labute approximate surface area is 133 Å². The first kappa shape index (κ1) is 14.5. The lowest BCUT2D eigenvalue weighted by atomic mass is 10.2. The van der Waals surface area contributed by atoms with Crippen LogP contribution in [0.2, 0.25) is 5.15 Å². The average Bonchev–Trinajstić information content (AvgIpc) is 2.92. The molecule has 0 aromatic carbocycles. The SMILES string of the molecule is CC(C)n1cc(Oc2ccnc(Cl)c2)c(-c2ccccn2)n1. The minimum absolute atomic E-state index is 0.223. The molecule has 3 aromatic rings. The summed E-state index contributed by atoms with van der Waals surface area (Å²) in [6.07, 6.45) is 5.20. The first-order valence-electron chi connectivity index (χ1n) is 6.93. The number of nitrogens with zero attached hydrogens (tertiary/aromatic N) is 4. The lowest BCUT2D eigenvalue weighted by Crippen LogP contribution is -2.00. The minimum Gasteiger partial charge on any atom is -0.453 e. The van der Waals surface area contributed by atoms with Crippen molar-refractivity contribution in [1.29, 1.82) is 0 Å². The van der Waals surface area contributed by atoms with Crippen LogP contribution in [-0.4, -0.2) is 19.7 Å². The Hall–Kier alpha value is -2.40. The summed E-state index contributed by atoms with van der Waals surface area (Å²) in [7, 11) is 0. The van der Waals surface area contributed by atoms with E-state index >= 15 is 0 Å². The van der Waals surface area contributed by atoms with E-state index in [0.29, 0.717) is 22.3 Å². The fourth-order valence-electron chi connectivity index (χ4n) is 1.97. The van der Waals surface area contributed by atoms with Gasteiger partial charge in [0.05, 0.1) is 11.9 Å². The highest BCUT2D eigenvalue weighted by Crippen LogP contribution is 2.32. The van der Waals surface area contributed by atoms with Gasteiger partial charge in [-0.2, -0.15) is 5.10 Å². The average molecular weight is 315 g/mol. The second kappa shape index (κ2) is 6.15. The highest BCUT2D eigenvalue weighted by molar-refractivity contribution is 6.29. The largest absolute Gasteiger partial charge is 0.453 e. The maximum absolute atomic E-state index is 5.93. The molecule has 0 unspecified atom stereocenters. The Morgan fingerprint density at radius 3 is 2.68 bits per heavy atom. The van der Waals surface area contributed by atoms with Crippen molar-refractivity contribution in [2.45, 2.75) is 19.9 Å². The molecule has 6 heteroatoms. The monoisotopic (exact) mass is 314 g/mol. The molecule has 0 amide bonds. The summed E-state index contributed by atoms with van der Waals surface area (Å²) >= 11 is 5.90. The molecule has 0 aliphatic rings. The molecule has 3 heterocycles. The van der Waals surface area contributed by atoms with E-state index in [1.165, 1.54) is 0 Å². The number of rotatable bonds is 4. The third-order valence-corrected chi connectivity index (χ3v) is 3.27. The van der Waals surface area contributed by atoms with Gasteiger partial charge in [-0.25, -0.2) is 4.98 Å². The summed E-state index contributed by atoms with van der Waals surface area (Å²) in [6, 6.07) is 9.33.